The Hall–Kier alpha value is -0.870. The summed E-state index contributed by atoms with van der Waals surface area (Å²) in [4.78, 5) is 0. The summed E-state index contributed by atoms with van der Waals surface area (Å²) in [5, 5.41) is 11.0. The summed E-state index contributed by atoms with van der Waals surface area (Å²) in [7, 11) is 1.94. The van der Waals surface area contributed by atoms with E-state index in [1.165, 1.54) is 5.56 Å². The minimum absolute atomic E-state index is 0.479. The number of aryl methyl sites for hydroxylation is 1. The molecule has 1 atom stereocenters. The van der Waals surface area contributed by atoms with E-state index < -0.39 is 0 Å². The molecular weight excluding hydrogens is 188 g/mol. The van der Waals surface area contributed by atoms with Gasteiger partial charge in [0.05, 0.1) is 6.20 Å². The first-order valence-corrected chi connectivity index (χ1v) is 5.52. The zero-order valence-electron chi connectivity index (χ0n) is 10.1. The summed E-state index contributed by atoms with van der Waals surface area (Å²) in [6.45, 7) is 8.39. The maximum atomic E-state index is 4.13. The van der Waals surface area contributed by atoms with Crippen LogP contribution in [0.4, 0.5) is 0 Å². The molecule has 2 N–H and O–H groups in total. The Morgan fingerprint density at radius 1 is 1.33 bits per heavy atom. The number of nitrogens with zero attached hydrogens (tertiary/aromatic N) is 2. The quantitative estimate of drug-likeness (QED) is 0.733. The number of rotatable bonds is 6. The van der Waals surface area contributed by atoms with Crippen molar-refractivity contribution in [3.8, 4) is 0 Å². The van der Waals surface area contributed by atoms with Crippen LogP contribution in [0.15, 0.2) is 12.4 Å². The molecule has 0 fully saturated rings. The molecule has 4 heteroatoms. The number of aromatic nitrogens is 2. The maximum Gasteiger partial charge on any atom is 0.0534 e. The fourth-order valence-electron chi connectivity index (χ4n) is 1.34. The zero-order valence-corrected chi connectivity index (χ0v) is 10.1. The second-order valence-electron chi connectivity index (χ2n) is 4.37. The molecule has 1 unspecified atom stereocenters. The lowest BCUT2D eigenvalue weighted by atomic mass is 10.2. The van der Waals surface area contributed by atoms with Crippen molar-refractivity contribution in [3.63, 3.8) is 0 Å². The van der Waals surface area contributed by atoms with E-state index in [2.05, 4.69) is 36.5 Å². The van der Waals surface area contributed by atoms with Crippen molar-refractivity contribution in [2.75, 3.05) is 6.54 Å². The molecule has 0 spiro atoms. The fraction of sp³-hybridized carbons (Fsp3) is 0.727. The Balaban J connectivity index is 2.19. The van der Waals surface area contributed by atoms with Crippen molar-refractivity contribution < 1.29 is 0 Å². The standard InChI is InChI=1S/C11H22N4/c1-9(2)12-5-10(3)13-6-11-7-14-15(4)8-11/h7-10,12-13H,5-6H2,1-4H3. The molecule has 86 valence electrons. The van der Waals surface area contributed by atoms with E-state index in [1.54, 1.807) is 0 Å². The van der Waals surface area contributed by atoms with Gasteiger partial charge < -0.3 is 10.6 Å². The highest BCUT2D eigenvalue weighted by atomic mass is 15.2. The van der Waals surface area contributed by atoms with Crippen LogP contribution in [0.2, 0.25) is 0 Å². The molecule has 1 heterocycles. The van der Waals surface area contributed by atoms with Gasteiger partial charge in [-0.2, -0.15) is 5.10 Å². The second kappa shape index (κ2) is 5.88. The van der Waals surface area contributed by atoms with Crippen LogP contribution in [-0.2, 0) is 13.6 Å². The van der Waals surface area contributed by atoms with Crippen LogP contribution in [0, 0.1) is 0 Å². The maximum absolute atomic E-state index is 4.13. The predicted octanol–water partition coefficient (Wildman–Crippen LogP) is 0.896. The van der Waals surface area contributed by atoms with Crippen LogP contribution in [0.3, 0.4) is 0 Å². The highest BCUT2D eigenvalue weighted by Crippen LogP contribution is 1.95. The molecule has 0 saturated carbocycles. The van der Waals surface area contributed by atoms with Crippen LogP contribution < -0.4 is 10.6 Å². The topological polar surface area (TPSA) is 41.9 Å². The first-order chi connectivity index (χ1) is 7.08. The highest BCUT2D eigenvalue weighted by molar-refractivity contribution is 5.03. The third kappa shape index (κ3) is 4.95. The van der Waals surface area contributed by atoms with E-state index in [-0.39, 0.29) is 0 Å². The molecule has 0 bridgehead atoms. The van der Waals surface area contributed by atoms with Crippen molar-refractivity contribution in [2.24, 2.45) is 7.05 Å². The smallest absolute Gasteiger partial charge is 0.0534 e. The van der Waals surface area contributed by atoms with Crippen molar-refractivity contribution >= 4 is 0 Å². The van der Waals surface area contributed by atoms with Crippen molar-refractivity contribution in [2.45, 2.75) is 39.4 Å². The molecule has 0 aliphatic heterocycles. The van der Waals surface area contributed by atoms with Crippen molar-refractivity contribution in [3.05, 3.63) is 18.0 Å². The zero-order chi connectivity index (χ0) is 11.3. The van der Waals surface area contributed by atoms with Gasteiger partial charge in [-0.15, -0.1) is 0 Å². The first-order valence-electron chi connectivity index (χ1n) is 5.52. The largest absolute Gasteiger partial charge is 0.313 e. The van der Waals surface area contributed by atoms with E-state index in [0.29, 0.717) is 12.1 Å². The molecule has 0 aliphatic rings. The second-order valence-corrected chi connectivity index (χ2v) is 4.37. The van der Waals surface area contributed by atoms with Gasteiger partial charge in [-0.1, -0.05) is 13.8 Å². The fourth-order valence-corrected chi connectivity index (χ4v) is 1.34. The van der Waals surface area contributed by atoms with E-state index in [0.717, 1.165) is 13.1 Å². The summed E-state index contributed by atoms with van der Waals surface area (Å²) in [5.41, 5.74) is 1.23. The van der Waals surface area contributed by atoms with Gasteiger partial charge in [-0.3, -0.25) is 4.68 Å². The highest BCUT2D eigenvalue weighted by Gasteiger charge is 2.02. The Morgan fingerprint density at radius 2 is 2.07 bits per heavy atom. The summed E-state index contributed by atoms with van der Waals surface area (Å²) >= 11 is 0. The Morgan fingerprint density at radius 3 is 2.60 bits per heavy atom. The van der Waals surface area contributed by atoms with Gasteiger partial charge in [0.25, 0.3) is 0 Å². The minimum atomic E-state index is 0.479. The molecule has 15 heavy (non-hydrogen) atoms. The number of nitrogens with one attached hydrogen (secondary N) is 2. The van der Waals surface area contributed by atoms with E-state index in [9.17, 15) is 0 Å². The summed E-state index contributed by atoms with van der Waals surface area (Å²) in [5.74, 6) is 0. The molecule has 1 rings (SSSR count). The van der Waals surface area contributed by atoms with E-state index in [1.807, 2.05) is 24.1 Å². The van der Waals surface area contributed by atoms with Gasteiger partial charge >= 0.3 is 0 Å². The lowest BCUT2D eigenvalue weighted by Gasteiger charge is -2.15. The normalized spacial score (nSPS) is 13.4. The van der Waals surface area contributed by atoms with E-state index in [4.69, 9.17) is 0 Å². The molecule has 4 nitrogen and oxygen atoms in total. The van der Waals surface area contributed by atoms with Crippen LogP contribution >= 0.6 is 0 Å². The average molecular weight is 210 g/mol. The minimum Gasteiger partial charge on any atom is -0.313 e. The summed E-state index contributed by atoms with van der Waals surface area (Å²) < 4.78 is 1.83. The van der Waals surface area contributed by atoms with Gasteiger partial charge in [-0.25, -0.2) is 0 Å². The SMILES string of the molecule is CC(C)NCC(C)NCc1cnn(C)c1. The van der Waals surface area contributed by atoms with Gasteiger partial charge in [0, 0.05) is 44.0 Å². The molecule has 0 aromatic carbocycles. The van der Waals surface area contributed by atoms with Crippen molar-refractivity contribution in [1.82, 2.24) is 20.4 Å². The van der Waals surface area contributed by atoms with E-state index >= 15 is 0 Å². The Bertz CT molecular complexity index is 280. The van der Waals surface area contributed by atoms with Gasteiger partial charge in [0.1, 0.15) is 0 Å². The number of hydrogen-bond donors (Lipinski definition) is 2. The van der Waals surface area contributed by atoms with Gasteiger partial charge in [-0.05, 0) is 6.92 Å². The molecule has 1 aromatic heterocycles. The summed E-state index contributed by atoms with van der Waals surface area (Å²) in [6.07, 6.45) is 3.94. The molecular formula is C11H22N4. The molecule has 0 aliphatic carbocycles. The predicted molar refractivity (Wildman–Crippen MR) is 62.6 cm³/mol. The van der Waals surface area contributed by atoms with Gasteiger partial charge in [0.2, 0.25) is 0 Å². The van der Waals surface area contributed by atoms with Gasteiger partial charge in [0.15, 0.2) is 0 Å². The third-order valence-corrected chi connectivity index (χ3v) is 2.25. The lowest BCUT2D eigenvalue weighted by Crippen LogP contribution is -2.38. The first kappa shape index (κ1) is 12.2. The lowest BCUT2D eigenvalue weighted by molar-refractivity contribution is 0.474. The molecule has 0 amide bonds. The molecule has 1 aromatic rings. The number of hydrogen-bond acceptors (Lipinski definition) is 3. The molecule has 0 saturated heterocycles. The Labute approximate surface area is 92.1 Å². The van der Waals surface area contributed by atoms with Crippen molar-refractivity contribution in [1.29, 1.82) is 0 Å². The monoisotopic (exact) mass is 210 g/mol. The average Bonchev–Trinajstić information content (AvgIpc) is 2.58. The van der Waals surface area contributed by atoms with Crippen LogP contribution in [0.25, 0.3) is 0 Å². The Kier molecular flexibility index (Phi) is 4.78. The third-order valence-electron chi connectivity index (χ3n) is 2.25. The molecule has 0 radical (unpaired) electrons. The van der Waals surface area contributed by atoms with Crippen LogP contribution in [0.1, 0.15) is 26.3 Å². The van der Waals surface area contributed by atoms with Crippen LogP contribution in [-0.4, -0.2) is 28.4 Å². The summed E-state index contributed by atoms with van der Waals surface area (Å²) in [6, 6.07) is 1.03. The van der Waals surface area contributed by atoms with Crippen LogP contribution in [0.5, 0.6) is 0 Å².